The van der Waals surface area contributed by atoms with Crippen molar-refractivity contribution in [1.82, 2.24) is 0 Å². The molecule has 0 radical (unpaired) electrons. The number of nitrogens with zero attached hydrogens (tertiary/aromatic N) is 2. The molecule has 22 rings (SSSR count). The Bertz CT molecular complexity index is 7050. The van der Waals surface area contributed by atoms with Crippen LogP contribution >= 0.6 is 0 Å². The van der Waals surface area contributed by atoms with E-state index in [0.29, 0.717) is 0 Å². The van der Waals surface area contributed by atoms with Crippen LogP contribution in [0.4, 0.5) is 34.1 Å². The average molecular weight is 1450 g/mol. The molecular formula is C110H72N2O2. The highest BCUT2D eigenvalue weighted by Crippen LogP contribution is 2.61. The lowest BCUT2D eigenvalue weighted by molar-refractivity contribution is 0.670. The molecule has 1 unspecified atom stereocenters. The Labute approximate surface area is 662 Å². The molecule has 1 atom stereocenters. The van der Waals surface area contributed by atoms with Gasteiger partial charge in [0.1, 0.15) is 11.2 Å². The Hall–Kier alpha value is -14.8. The number of hydrogen-bond acceptors (Lipinski definition) is 4. The molecular weight excluding hydrogens is 1380 g/mol. The highest BCUT2D eigenvalue weighted by atomic mass is 16.3. The van der Waals surface area contributed by atoms with Gasteiger partial charge in [-0.15, -0.1) is 0 Å². The maximum absolute atomic E-state index is 7.59. The molecule has 0 spiro atoms. The second-order valence-electron chi connectivity index (χ2n) is 30.0. The minimum Gasteiger partial charge on any atom is -0.453 e. The predicted octanol–water partition coefficient (Wildman–Crippen LogP) is 29.5. The van der Waals surface area contributed by atoms with Crippen molar-refractivity contribution >= 4 is 78.0 Å². The molecule has 0 saturated heterocycles. The summed E-state index contributed by atoms with van der Waals surface area (Å²) in [7, 11) is 0. The van der Waals surface area contributed by atoms with Gasteiger partial charge in [0.15, 0.2) is 11.2 Å². The van der Waals surface area contributed by atoms with E-state index in [0.717, 1.165) is 134 Å². The van der Waals surface area contributed by atoms with Crippen molar-refractivity contribution in [2.75, 3.05) is 9.80 Å². The summed E-state index contributed by atoms with van der Waals surface area (Å²) in [5, 5.41) is 4.20. The molecule has 2 aliphatic carbocycles. The quantitative estimate of drug-likeness (QED) is 0.102. The van der Waals surface area contributed by atoms with Crippen LogP contribution in [0.3, 0.4) is 0 Å². The van der Waals surface area contributed by atoms with Crippen LogP contribution in [0.5, 0.6) is 0 Å². The molecule has 0 N–H and O–H groups in total. The number of rotatable bonds is 15. The van der Waals surface area contributed by atoms with Crippen molar-refractivity contribution in [1.29, 1.82) is 0 Å². The topological polar surface area (TPSA) is 32.8 Å². The van der Waals surface area contributed by atoms with Crippen LogP contribution in [-0.4, -0.2) is 0 Å². The highest BCUT2D eigenvalue weighted by molar-refractivity contribution is 6.16. The van der Waals surface area contributed by atoms with Crippen LogP contribution in [0.1, 0.15) is 44.5 Å². The normalized spacial score (nSPS) is 13.7. The van der Waals surface area contributed by atoms with E-state index in [1.165, 1.54) is 66.8 Å². The third-order valence-electron chi connectivity index (χ3n) is 24.0. The summed E-state index contributed by atoms with van der Waals surface area (Å²) in [5.41, 5.74) is 33.4. The van der Waals surface area contributed by atoms with Gasteiger partial charge in [-0.2, -0.15) is 0 Å². The summed E-state index contributed by atoms with van der Waals surface area (Å²) >= 11 is 0. The second-order valence-corrected chi connectivity index (χ2v) is 30.0. The molecule has 0 bridgehead atoms. The summed E-state index contributed by atoms with van der Waals surface area (Å²) in [6, 6.07) is 160. The van der Waals surface area contributed by atoms with Crippen molar-refractivity contribution in [2.45, 2.75) is 10.8 Å². The lowest BCUT2D eigenvalue weighted by atomic mass is 9.67. The molecule has 2 heterocycles. The van der Waals surface area contributed by atoms with E-state index >= 15 is 0 Å². The Kier molecular flexibility index (Phi) is 15.7. The van der Waals surface area contributed by atoms with Crippen molar-refractivity contribution in [2.24, 2.45) is 0 Å². The number of furan rings is 2. The molecule has 4 heteroatoms. The van der Waals surface area contributed by atoms with Crippen LogP contribution in [0.2, 0.25) is 0 Å². The molecule has 114 heavy (non-hydrogen) atoms. The third kappa shape index (κ3) is 10.4. The standard InChI is InChI=1S/C110H72N2O2/c1-7-31-73(32-8-1)74-61-63-84(64-62-74)111(85-65-67-92-90-48-19-22-56-98(90)109(100(92)71-85,80-40-13-4-14-41-80)81-42-15-5-16-43-81)103-59-29-54-96-95-53-28-51-89(106(95)114-107(96)103)79-39-25-37-77(69-79)78-38-26-46-83(70-78)110(82-44-17-6-18-45-82)99-57-23-20-49-91(99)93-68-66-86(72-101(93)110)112(102-58-24-21-47-87(102)75-33-9-2-10-34-75)104-60-30-55-97-94-52-27-50-88(105(94)113-108(97)104)76-35-11-3-12-36-76/h1-72H. The number of benzene rings is 18. The van der Waals surface area contributed by atoms with Crippen molar-refractivity contribution < 1.29 is 8.83 Å². The van der Waals surface area contributed by atoms with Gasteiger partial charge >= 0.3 is 0 Å². The van der Waals surface area contributed by atoms with E-state index in [2.05, 4.69) is 447 Å². The highest BCUT2D eigenvalue weighted by Gasteiger charge is 2.48. The predicted molar refractivity (Wildman–Crippen MR) is 472 cm³/mol. The molecule has 0 saturated carbocycles. The smallest absolute Gasteiger partial charge is 0.159 e. The largest absolute Gasteiger partial charge is 0.453 e. The number of fused-ring (bicyclic) bond motifs is 12. The summed E-state index contributed by atoms with van der Waals surface area (Å²) in [4.78, 5) is 4.85. The maximum atomic E-state index is 7.59. The van der Waals surface area contributed by atoms with Crippen molar-refractivity contribution in [3.63, 3.8) is 0 Å². The number of para-hydroxylation sites is 5. The van der Waals surface area contributed by atoms with E-state index in [4.69, 9.17) is 8.83 Å². The Balaban J connectivity index is 0.692. The monoisotopic (exact) mass is 1450 g/mol. The van der Waals surface area contributed by atoms with Gasteiger partial charge in [-0.3, -0.25) is 0 Å². The third-order valence-corrected chi connectivity index (χ3v) is 24.0. The van der Waals surface area contributed by atoms with Crippen LogP contribution in [0.25, 0.3) is 122 Å². The van der Waals surface area contributed by atoms with Crippen molar-refractivity contribution in [3.05, 3.63) is 481 Å². The lowest BCUT2D eigenvalue weighted by Crippen LogP contribution is -2.29. The molecule has 0 amide bonds. The first kappa shape index (κ1) is 66.2. The van der Waals surface area contributed by atoms with Crippen LogP contribution in [0, 0.1) is 0 Å². The molecule has 20 aromatic rings. The first-order valence-corrected chi connectivity index (χ1v) is 39.3. The summed E-state index contributed by atoms with van der Waals surface area (Å²) in [6.45, 7) is 0. The molecule has 2 aliphatic rings. The van der Waals surface area contributed by atoms with Gasteiger partial charge in [-0.1, -0.05) is 370 Å². The molecule has 534 valence electrons. The van der Waals surface area contributed by atoms with Gasteiger partial charge in [0.05, 0.1) is 27.9 Å². The number of hydrogen-bond donors (Lipinski definition) is 0. The first-order chi connectivity index (χ1) is 56.6. The van der Waals surface area contributed by atoms with Crippen molar-refractivity contribution in [3.8, 4) is 77.9 Å². The van der Waals surface area contributed by atoms with Gasteiger partial charge < -0.3 is 18.6 Å². The Morgan fingerprint density at radius 1 is 0.167 bits per heavy atom. The molecule has 0 aliphatic heterocycles. The maximum Gasteiger partial charge on any atom is 0.159 e. The Morgan fingerprint density at radius 3 is 1.03 bits per heavy atom. The van der Waals surface area contributed by atoms with Gasteiger partial charge in [-0.25, -0.2) is 0 Å². The van der Waals surface area contributed by atoms with E-state index in [-0.39, 0.29) is 0 Å². The van der Waals surface area contributed by atoms with Gasteiger partial charge in [-0.05, 0) is 172 Å². The van der Waals surface area contributed by atoms with Crippen LogP contribution in [-0.2, 0) is 10.8 Å². The molecule has 4 nitrogen and oxygen atoms in total. The first-order valence-electron chi connectivity index (χ1n) is 39.3. The van der Waals surface area contributed by atoms with E-state index in [1.807, 2.05) is 0 Å². The summed E-state index contributed by atoms with van der Waals surface area (Å²) in [5.74, 6) is 0. The molecule has 0 fully saturated rings. The van der Waals surface area contributed by atoms with E-state index in [1.54, 1.807) is 0 Å². The van der Waals surface area contributed by atoms with Gasteiger partial charge in [0.2, 0.25) is 0 Å². The van der Waals surface area contributed by atoms with E-state index in [9.17, 15) is 0 Å². The van der Waals surface area contributed by atoms with Gasteiger partial charge in [0, 0.05) is 55.3 Å². The molecule has 18 aromatic carbocycles. The number of anilines is 6. The van der Waals surface area contributed by atoms with Crippen LogP contribution < -0.4 is 9.80 Å². The average Bonchev–Trinajstić information content (AvgIpc) is 1.53. The fourth-order valence-corrected chi connectivity index (χ4v) is 19.1. The zero-order valence-electron chi connectivity index (χ0n) is 62.3. The fourth-order valence-electron chi connectivity index (χ4n) is 19.1. The summed E-state index contributed by atoms with van der Waals surface area (Å²) < 4.78 is 14.9. The van der Waals surface area contributed by atoms with Gasteiger partial charge in [0.25, 0.3) is 0 Å². The zero-order chi connectivity index (χ0) is 75.3. The zero-order valence-corrected chi connectivity index (χ0v) is 62.3. The lowest BCUT2D eigenvalue weighted by Gasteiger charge is -2.35. The SMILES string of the molecule is c1ccc(-c2ccc(N(c3ccc4c(c3)C(c3ccccc3)(c3ccccc3)c3ccccc3-4)c3cccc4c3oc3c(-c5cccc(-c6cccc(C7(c8ccccc8)c8ccccc8-c8ccc(N(c9ccccc9-c9ccccc9)c9cccc%10c9oc9c(-c%11ccccc%11)cccc9%10)cc87)c6)c5)cccc34)cc2)cc1. The minimum absolute atomic E-state index is 0.604. The summed E-state index contributed by atoms with van der Waals surface area (Å²) in [6.07, 6.45) is 0. The Morgan fingerprint density at radius 2 is 0.491 bits per heavy atom. The fraction of sp³-hybridized carbons (Fsp3) is 0.0182. The molecule has 2 aromatic heterocycles. The van der Waals surface area contributed by atoms with E-state index < -0.39 is 10.8 Å². The van der Waals surface area contributed by atoms with Crippen LogP contribution in [0.15, 0.2) is 446 Å². The minimum atomic E-state index is -0.773. The second kappa shape index (κ2) is 27.0.